The molecule has 0 spiro atoms. The van der Waals surface area contributed by atoms with Gasteiger partial charge in [-0.25, -0.2) is 16.8 Å². The van der Waals surface area contributed by atoms with Crippen LogP contribution in [0.3, 0.4) is 0 Å². The molecular weight excluding hydrogens is 357 g/mol. The van der Waals surface area contributed by atoms with Gasteiger partial charge in [-0.05, 0) is 13.0 Å². The third-order valence-electron chi connectivity index (χ3n) is 2.34. The van der Waals surface area contributed by atoms with Crippen molar-refractivity contribution in [2.75, 3.05) is 7.11 Å². The highest BCUT2D eigenvalue weighted by molar-refractivity contribution is 8.14. The Morgan fingerprint density at radius 1 is 1.15 bits per heavy atom. The molecule has 0 heterocycles. The molecule has 1 aromatic rings. The van der Waals surface area contributed by atoms with E-state index >= 15 is 0 Å². The number of nitro groups is 1. The molecule has 0 aromatic heterocycles. The number of halogens is 2. The van der Waals surface area contributed by atoms with Gasteiger partial charge in [0.05, 0.1) is 22.5 Å². The third-order valence-corrected chi connectivity index (χ3v) is 5.11. The van der Waals surface area contributed by atoms with Gasteiger partial charge in [0.25, 0.3) is 18.1 Å². The first-order valence-electron chi connectivity index (χ1n) is 4.66. The van der Waals surface area contributed by atoms with E-state index in [-0.39, 0.29) is 5.56 Å². The zero-order valence-electron chi connectivity index (χ0n) is 9.95. The first kappa shape index (κ1) is 17.0. The minimum Gasteiger partial charge on any atom is -0.489 e. The van der Waals surface area contributed by atoms with Crippen LogP contribution in [0.15, 0.2) is 15.9 Å². The van der Waals surface area contributed by atoms with Crippen molar-refractivity contribution in [3.8, 4) is 5.75 Å². The maximum atomic E-state index is 11.4. The van der Waals surface area contributed by atoms with Crippen molar-refractivity contribution in [3.05, 3.63) is 21.7 Å². The van der Waals surface area contributed by atoms with Crippen LogP contribution in [0.1, 0.15) is 5.56 Å². The zero-order valence-corrected chi connectivity index (χ0v) is 13.1. The molecule has 1 rings (SSSR count). The van der Waals surface area contributed by atoms with Crippen LogP contribution in [-0.4, -0.2) is 28.9 Å². The summed E-state index contributed by atoms with van der Waals surface area (Å²) in [4.78, 5) is 8.45. The lowest BCUT2D eigenvalue weighted by Gasteiger charge is -2.11. The third kappa shape index (κ3) is 3.14. The van der Waals surface area contributed by atoms with Crippen LogP contribution in [0.2, 0.25) is 0 Å². The lowest BCUT2D eigenvalue weighted by atomic mass is 10.2. The maximum absolute atomic E-state index is 11.4. The zero-order chi connectivity index (χ0) is 15.9. The molecule has 0 amide bonds. The molecule has 0 unspecified atom stereocenters. The van der Waals surface area contributed by atoms with Gasteiger partial charge in [0.2, 0.25) is 5.75 Å². The maximum Gasteiger partial charge on any atom is 0.316 e. The number of rotatable bonds is 4. The van der Waals surface area contributed by atoms with Crippen LogP contribution in [0.5, 0.6) is 5.75 Å². The Balaban J connectivity index is 4.09. The van der Waals surface area contributed by atoms with Gasteiger partial charge >= 0.3 is 5.69 Å². The molecule has 112 valence electrons. The average molecular weight is 364 g/mol. The lowest BCUT2D eigenvalue weighted by Crippen LogP contribution is -2.07. The summed E-state index contributed by atoms with van der Waals surface area (Å²) in [7, 11) is 2.35. The van der Waals surface area contributed by atoms with E-state index in [0.29, 0.717) is 6.07 Å². The summed E-state index contributed by atoms with van der Waals surface area (Å²) in [5, 5.41) is 11.0. The molecule has 0 radical (unpaired) electrons. The molecule has 8 nitrogen and oxygen atoms in total. The van der Waals surface area contributed by atoms with Crippen LogP contribution < -0.4 is 4.74 Å². The number of hydrogen-bond donors (Lipinski definition) is 0. The first-order chi connectivity index (χ1) is 8.91. The van der Waals surface area contributed by atoms with E-state index in [1.165, 1.54) is 0 Å². The normalized spacial score (nSPS) is 12.2. The van der Waals surface area contributed by atoms with Crippen LogP contribution in [-0.2, 0) is 18.1 Å². The SMILES string of the molecule is COc1c(S(=O)(=O)Cl)cc(S(=O)(=O)Cl)c(C)c1[N+](=O)[O-]. The van der Waals surface area contributed by atoms with Gasteiger partial charge < -0.3 is 4.74 Å². The predicted molar refractivity (Wildman–Crippen MR) is 70.5 cm³/mol. The van der Waals surface area contributed by atoms with Crippen molar-refractivity contribution in [3.63, 3.8) is 0 Å². The number of nitro benzene ring substituents is 1. The fraction of sp³-hybridized carbons (Fsp3) is 0.250. The van der Waals surface area contributed by atoms with Gasteiger partial charge in [-0.1, -0.05) is 0 Å². The topological polar surface area (TPSA) is 121 Å². The number of hydrogen-bond acceptors (Lipinski definition) is 7. The Labute approximate surface area is 123 Å². The second-order valence-electron chi connectivity index (χ2n) is 3.51. The van der Waals surface area contributed by atoms with Crippen molar-refractivity contribution in [2.45, 2.75) is 16.7 Å². The highest BCUT2D eigenvalue weighted by Crippen LogP contribution is 2.42. The fourth-order valence-corrected chi connectivity index (χ4v) is 3.83. The molecule has 0 N–H and O–H groups in total. The summed E-state index contributed by atoms with van der Waals surface area (Å²) in [6.07, 6.45) is 0. The van der Waals surface area contributed by atoms with Crippen LogP contribution >= 0.6 is 21.4 Å². The van der Waals surface area contributed by atoms with Gasteiger partial charge in [-0.15, -0.1) is 0 Å². The van der Waals surface area contributed by atoms with E-state index in [4.69, 9.17) is 21.4 Å². The van der Waals surface area contributed by atoms with E-state index < -0.39 is 44.3 Å². The fourth-order valence-electron chi connectivity index (χ4n) is 1.55. The van der Waals surface area contributed by atoms with Crippen molar-refractivity contribution < 1.29 is 26.5 Å². The molecule has 0 saturated carbocycles. The number of nitrogens with zero attached hydrogens (tertiary/aromatic N) is 1. The summed E-state index contributed by atoms with van der Waals surface area (Å²) in [6.45, 7) is 1.10. The summed E-state index contributed by atoms with van der Waals surface area (Å²) in [6, 6.07) is 0.617. The second kappa shape index (κ2) is 5.35. The summed E-state index contributed by atoms with van der Waals surface area (Å²) in [5.74, 6) is -0.661. The second-order valence-corrected chi connectivity index (χ2v) is 8.58. The largest absolute Gasteiger partial charge is 0.489 e. The van der Waals surface area contributed by atoms with Gasteiger partial charge in [0.15, 0.2) is 0 Å². The van der Waals surface area contributed by atoms with Crippen LogP contribution in [0, 0.1) is 17.0 Å². The molecule has 12 heteroatoms. The number of methoxy groups -OCH3 is 1. The van der Waals surface area contributed by atoms with E-state index in [9.17, 15) is 26.9 Å². The quantitative estimate of drug-likeness (QED) is 0.453. The summed E-state index contributed by atoms with van der Waals surface area (Å²) in [5.41, 5.74) is -1.20. The van der Waals surface area contributed by atoms with Crippen molar-refractivity contribution in [2.24, 2.45) is 0 Å². The van der Waals surface area contributed by atoms with Gasteiger partial charge in [-0.2, -0.15) is 0 Å². The van der Waals surface area contributed by atoms with Crippen molar-refractivity contribution >= 4 is 45.2 Å². The van der Waals surface area contributed by atoms with E-state index in [1.54, 1.807) is 0 Å². The van der Waals surface area contributed by atoms with E-state index in [1.807, 2.05) is 0 Å². The van der Waals surface area contributed by atoms with Crippen molar-refractivity contribution in [1.29, 1.82) is 0 Å². The van der Waals surface area contributed by atoms with Crippen LogP contribution in [0.4, 0.5) is 5.69 Å². The molecule has 0 aliphatic rings. The smallest absolute Gasteiger partial charge is 0.316 e. The molecule has 20 heavy (non-hydrogen) atoms. The predicted octanol–water partition coefficient (Wildman–Crippen LogP) is 1.77. The molecule has 0 atom stereocenters. The van der Waals surface area contributed by atoms with Crippen molar-refractivity contribution in [1.82, 2.24) is 0 Å². The van der Waals surface area contributed by atoms with E-state index in [2.05, 4.69) is 4.74 Å². The number of ether oxygens (including phenoxy) is 1. The van der Waals surface area contributed by atoms with Gasteiger partial charge in [-0.3, -0.25) is 10.1 Å². The Kier molecular flexibility index (Phi) is 4.54. The average Bonchev–Trinajstić information content (AvgIpc) is 2.23. The number of benzene rings is 1. The van der Waals surface area contributed by atoms with Gasteiger partial charge in [0.1, 0.15) is 4.90 Å². The summed E-state index contributed by atoms with van der Waals surface area (Å²) < 4.78 is 50.2. The Morgan fingerprint density at radius 2 is 1.60 bits per heavy atom. The molecule has 0 bridgehead atoms. The molecule has 1 aromatic carbocycles. The van der Waals surface area contributed by atoms with Crippen LogP contribution in [0.25, 0.3) is 0 Å². The monoisotopic (exact) mass is 363 g/mol. The molecular formula is C8H7Cl2NO7S2. The summed E-state index contributed by atoms with van der Waals surface area (Å²) >= 11 is 0. The molecule has 0 saturated heterocycles. The Hall–Kier alpha value is -1.10. The Bertz CT molecular complexity index is 786. The highest BCUT2D eigenvalue weighted by Gasteiger charge is 2.33. The van der Waals surface area contributed by atoms with E-state index in [0.717, 1.165) is 14.0 Å². The van der Waals surface area contributed by atoms with Gasteiger partial charge in [0, 0.05) is 21.4 Å². The minimum atomic E-state index is -4.48. The molecule has 0 aliphatic heterocycles. The standard InChI is InChI=1S/C8H7Cl2NO7S2/c1-4-5(19(9,14)15)3-6(20(10,16)17)8(18-2)7(4)11(12)13/h3H,1-2H3. The molecule has 0 aliphatic carbocycles. The minimum absolute atomic E-state index is 0.356. The highest BCUT2D eigenvalue weighted by atomic mass is 35.7. The lowest BCUT2D eigenvalue weighted by molar-refractivity contribution is -0.386. The Morgan fingerprint density at radius 3 is 1.90 bits per heavy atom. The molecule has 0 fully saturated rings. The first-order valence-corrected chi connectivity index (χ1v) is 9.28.